The fourth-order valence-electron chi connectivity index (χ4n) is 4.08. The van der Waals surface area contributed by atoms with Gasteiger partial charge in [0.05, 0.1) is 28.6 Å². The van der Waals surface area contributed by atoms with Crippen molar-refractivity contribution < 1.29 is 26.3 Å². The lowest BCUT2D eigenvalue weighted by atomic mass is 10.2. The van der Waals surface area contributed by atoms with Crippen LogP contribution in [0.15, 0.2) is 40.4 Å². The Morgan fingerprint density at radius 1 is 1.15 bits per heavy atom. The number of nitrogens with zero attached hydrogens (tertiary/aromatic N) is 3. The molecular weight excluding hydrogens is 487 g/mol. The normalized spacial score (nSPS) is 16.7. The van der Waals surface area contributed by atoms with E-state index in [1.165, 1.54) is 16.1 Å². The van der Waals surface area contributed by atoms with Gasteiger partial charge in [0.2, 0.25) is 10.0 Å². The molecule has 34 heavy (non-hydrogen) atoms. The van der Waals surface area contributed by atoms with Gasteiger partial charge in [0.1, 0.15) is 0 Å². The molecule has 1 saturated heterocycles. The Labute approximate surface area is 201 Å². The van der Waals surface area contributed by atoms with Crippen LogP contribution in [0, 0.1) is 17.5 Å². The van der Waals surface area contributed by atoms with E-state index in [0.29, 0.717) is 36.9 Å². The first-order valence-corrected chi connectivity index (χ1v) is 13.5. The van der Waals surface area contributed by atoms with Crippen molar-refractivity contribution >= 4 is 32.8 Å². The van der Waals surface area contributed by atoms with Crippen molar-refractivity contribution in [1.29, 1.82) is 0 Å². The van der Waals surface area contributed by atoms with Crippen LogP contribution in [0.1, 0.15) is 32.3 Å². The predicted molar refractivity (Wildman–Crippen MR) is 125 cm³/mol. The van der Waals surface area contributed by atoms with E-state index in [-0.39, 0.29) is 22.3 Å². The minimum absolute atomic E-state index is 0.00320. The van der Waals surface area contributed by atoms with Crippen molar-refractivity contribution in [3.63, 3.8) is 0 Å². The third kappa shape index (κ3) is 4.98. The third-order valence-electron chi connectivity index (χ3n) is 5.85. The van der Waals surface area contributed by atoms with Gasteiger partial charge in [-0.25, -0.2) is 26.6 Å². The molecule has 0 N–H and O–H groups in total. The highest BCUT2D eigenvalue weighted by Crippen LogP contribution is 2.31. The summed E-state index contributed by atoms with van der Waals surface area (Å²) in [5.74, 6) is -3.82. The van der Waals surface area contributed by atoms with Crippen molar-refractivity contribution in [2.24, 2.45) is 0 Å². The summed E-state index contributed by atoms with van der Waals surface area (Å²) in [6.07, 6.45) is 1.85. The molecule has 3 aromatic rings. The average Bonchev–Trinajstić information content (AvgIpc) is 3.44. The molecule has 11 heteroatoms. The summed E-state index contributed by atoms with van der Waals surface area (Å²) in [6.45, 7) is 5.48. The molecule has 184 valence electrons. The summed E-state index contributed by atoms with van der Waals surface area (Å²) in [5.41, 5.74) is 1.53. The number of hydrogen-bond acceptors (Lipinski definition) is 5. The summed E-state index contributed by atoms with van der Waals surface area (Å²) in [5, 5.41) is 0.563. The monoisotopic (exact) mass is 513 g/mol. The number of fused-ring (bicyclic) bond motifs is 1. The number of rotatable bonds is 9. The Balaban J connectivity index is 1.70. The summed E-state index contributed by atoms with van der Waals surface area (Å²) >= 11 is 1.24. The fourth-order valence-corrected chi connectivity index (χ4v) is 6.51. The summed E-state index contributed by atoms with van der Waals surface area (Å²) in [7, 11) is -3.65. The van der Waals surface area contributed by atoms with Crippen LogP contribution in [0.2, 0.25) is 0 Å². The van der Waals surface area contributed by atoms with Crippen molar-refractivity contribution in [3.05, 3.63) is 53.3 Å². The Morgan fingerprint density at radius 2 is 1.85 bits per heavy atom. The largest absolute Gasteiger partial charge is 0.376 e. The van der Waals surface area contributed by atoms with Crippen LogP contribution in [0.25, 0.3) is 11.0 Å². The number of aromatic nitrogens is 2. The summed E-state index contributed by atoms with van der Waals surface area (Å²) in [6, 6.07) is 6.79. The SMILES string of the molecule is CCN(CC)S(=O)(=O)c1ccc2c(c1)nc(SCc1cc(F)c(F)c(F)c1)n2C[C@@H]1CCCO1. The molecule has 0 radical (unpaired) electrons. The highest BCUT2D eigenvalue weighted by molar-refractivity contribution is 7.98. The van der Waals surface area contributed by atoms with Crippen LogP contribution in [-0.4, -0.2) is 48.1 Å². The van der Waals surface area contributed by atoms with E-state index in [1.54, 1.807) is 32.0 Å². The predicted octanol–water partition coefficient (Wildman–Crippen LogP) is 4.96. The van der Waals surface area contributed by atoms with Crippen molar-refractivity contribution in [2.75, 3.05) is 19.7 Å². The maximum atomic E-state index is 13.6. The molecule has 1 aliphatic rings. The zero-order chi connectivity index (χ0) is 24.5. The van der Waals surface area contributed by atoms with E-state index >= 15 is 0 Å². The van der Waals surface area contributed by atoms with Crippen LogP contribution in [0.5, 0.6) is 0 Å². The van der Waals surface area contributed by atoms with Crippen molar-refractivity contribution in [2.45, 2.75) is 55.1 Å². The van der Waals surface area contributed by atoms with Gasteiger partial charge in [-0.15, -0.1) is 0 Å². The third-order valence-corrected chi connectivity index (χ3v) is 8.94. The first-order chi connectivity index (χ1) is 16.2. The van der Waals surface area contributed by atoms with Gasteiger partial charge in [0, 0.05) is 25.4 Å². The highest BCUT2D eigenvalue weighted by atomic mass is 32.2. The van der Waals surface area contributed by atoms with Gasteiger partial charge in [-0.2, -0.15) is 4.31 Å². The summed E-state index contributed by atoms with van der Waals surface area (Å²) in [4.78, 5) is 4.80. The van der Waals surface area contributed by atoms with E-state index in [1.807, 2.05) is 4.57 Å². The van der Waals surface area contributed by atoms with Gasteiger partial charge in [-0.1, -0.05) is 25.6 Å². The topological polar surface area (TPSA) is 64.4 Å². The second-order valence-electron chi connectivity index (χ2n) is 8.04. The molecule has 2 heterocycles. The summed E-state index contributed by atoms with van der Waals surface area (Å²) < 4.78 is 75.6. The number of thioether (sulfide) groups is 1. The number of sulfonamides is 1. The fraction of sp³-hybridized carbons (Fsp3) is 0.435. The second-order valence-corrected chi connectivity index (χ2v) is 10.9. The number of ether oxygens (including phenoxy) is 1. The van der Waals surface area contributed by atoms with E-state index < -0.39 is 27.5 Å². The van der Waals surface area contributed by atoms with E-state index in [0.717, 1.165) is 30.5 Å². The zero-order valence-corrected chi connectivity index (χ0v) is 20.6. The zero-order valence-electron chi connectivity index (χ0n) is 18.9. The minimum atomic E-state index is -3.65. The van der Waals surface area contributed by atoms with Gasteiger partial charge in [0.25, 0.3) is 0 Å². The number of imidazole rings is 1. The van der Waals surface area contributed by atoms with Crippen LogP contribution in [0.4, 0.5) is 13.2 Å². The van der Waals surface area contributed by atoms with Crippen LogP contribution >= 0.6 is 11.8 Å². The van der Waals surface area contributed by atoms with Crippen molar-refractivity contribution in [3.8, 4) is 0 Å². The standard InChI is InChI=1S/C23H26F3N3O3S2/c1-3-28(4-2)34(30,31)17-7-8-21-20(12-17)27-23(29(21)13-16-6-5-9-32-16)33-14-15-10-18(24)22(26)19(25)11-15/h7-8,10-12,16H,3-6,9,13-14H2,1-2H3/t16-/m0/s1. The molecule has 0 amide bonds. The van der Waals surface area contributed by atoms with E-state index in [2.05, 4.69) is 4.98 Å². The van der Waals surface area contributed by atoms with Crippen LogP contribution < -0.4 is 0 Å². The Bertz CT molecular complexity index is 1260. The van der Waals surface area contributed by atoms with Gasteiger partial charge in [-0.3, -0.25) is 0 Å². The van der Waals surface area contributed by atoms with Crippen molar-refractivity contribution in [1.82, 2.24) is 13.9 Å². The Morgan fingerprint density at radius 3 is 2.47 bits per heavy atom. The smallest absolute Gasteiger partial charge is 0.243 e. The van der Waals surface area contributed by atoms with Gasteiger partial charge in [0.15, 0.2) is 22.6 Å². The molecule has 0 saturated carbocycles. The molecule has 1 fully saturated rings. The van der Waals surface area contributed by atoms with Gasteiger partial charge < -0.3 is 9.30 Å². The molecule has 1 atom stereocenters. The maximum Gasteiger partial charge on any atom is 0.243 e. The lowest BCUT2D eigenvalue weighted by Gasteiger charge is -2.18. The van der Waals surface area contributed by atoms with Crippen LogP contribution in [-0.2, 0) is 27.1 Å². The number of benzene rings is 2. The first kappa shape index (κ1) is 25.0. The van der Waals surface area contributed by atoms with Gasteiger partial charge in [-0.05, 0) is 48.7 Å². The molecule has 0 unspecified atom stereocenters. The lowest BCUT2D eigenvalue weighted by molar-refractivity contribution is 0.0960. The molecule has 2 aromatic carbocycles. The molecule has 0 bridgehead atoms. The molecule has 1 aliphatic heterocycles. The number of halogens is 3. The molecule has 0 aliphatic carbocycles. The van der Waals surface area contributed by atoms with Crippen LogP contribution in [0.3, 0.4) is 0 Å². The molecule has 6 nitrogen and oxygen atoms in total. The molecular formula is C23H26F3N3O3S2. The maximum absolute atomic E-state index is 13.6. The molecule has 0 spiro atoms. The Kier molecular flexibility index (Phi) is 7.56. The molecule has 4 rings (SSSR count). The highest BCUT2D eigenvalue weighted by Gasteiger charge is 2.25. The first-order valence-electron chi connectivity index (χ1n) is 11.1. The van der Waals surface area contributed by atoms with E-state index in [9.17, 15) is 21.6 Å². The minimum Gasteiger partial charge on any atom is -0.376 e. The lowest BCUT2D eigenvalue weighted by Crippen LogP contribution is -2.30. The Hall–Kier alpha value is -2.08. The average molecular weight is 514 g/mol. The van der Waals surface area contributed by atoms with Gasteiger partial charge >= 0.3 is 0 Å². The molecule has 1 aromatic heterocycles. The number of hydrogen-bond donors (Lipinski definition) is 0. The second kappa shape index (κ2) is 10.3. The van der Waals surface area contributed by atoms with E-state index in [4.69, 9.17) is 4.74 Å². The quantitative estimate of drug-likeness (QED) is 0.299.